The van der Waals surface area contributed by atoms with Crippen LogP contribution in [0, 0.1) is 0 Å². The van der Waals surface area contributed by atoms with Gasteiger partial charge in [0.1, 0.15) is 5.75 Å². The summed E-state index contributed by atoms with van der Waals surface area (Å²) in [4.78, 5) is 23.9. The van der Waals surface area contributed by atoms with Gasteiger partial charge in [0.25, 0.3) is 11.8 Å². The lowest BCUT2D eigenvalue weighted by Gasteiger charge is -2.12. The van der Waals surface area contributed by atoms with Gasteiger partial charge in [-0.1, -0.05) is 36.7 Å². The smallest absolute Gasteiger partial charge is 0.271 e. The minimum atomic E-state index is -0.478. The van der Waals surface area contributed by atoms with E-state index in [9.17, 15) is 9.59 Å². The van der Waals surface area contributed by atoms with Gasteiger partial charge in [0, 0.05) is 0 Å². The third-order valence-electron chi connectivity index (χ3n) is 3.42. The fourth-order valence-corrected chi connectivity index (χ4v) is 2.97. The molecule has 0 aliphatic rings. The Morgan fingerprint density at radius 1 is 1.19 bits per heavy atom. The van der Waals surface area contributed by atoms with Crippen molar-refractivity contribution in [2.45, 2.75) is 13.3 Å². The summed E-state index contributed by atoms with van der Waals surface area (Å²) >= 11 is 14.3. The van der Waals surface area contributed by atoms with Crippen molar-refractivity contribution in [1.29, 1.82) is 0 Å². The third kappa shape index (κ3) is 6.50. The molecule has 0 aliphatic carbocycles. The first-order valence-corrected chi connectivity index (χ1v) is 9.54. The van der Waals surface area contributed by atoms with Gasteiger partial charge in [-0.2, -0.15) is 0 Å². The maximum absolute atomic E-state index is 12.0. The molecule has 0 heterocycles. The number of aryl methyl sites for hydroxylation is 1. The summed E-state index contributed by atoms with van der Waals surface area (Å²) in [6, 6.07) is 12.2. The van der Waals surface area contributed by atoms with Crippen LogP contribution in [0.5, 0.6) is 5.75 Å². The van der Waals surface area contributed by atoms with Crippen LogP contribution in [0.4, 0.5) is 0 Å². The molecule has 3 N–H and O–H groups in total. The normalized spacial score (nSPS) is 10.0. The van der Waals surface area contributed by atoms with Gasteiger partial charge in [0.15, 0.2) is 11.7 Å². The number of rotatable bonds is 5. The molecular formula is C18H17BrClN3O3S. The molecule has 0 radical (unpaired) electrons. The number of amides is 2. The summed E-state index contributed by atoms with van der Waals surface area (Å²) in [6.45, 7) is 1.82. The largest absolute Gasteiger partial charge is 0.483 e. The number of thiocarbonyl (C=S) groups is 1. The molecule has 2 aromatic carbocycles. The third-order valence-corrected chi connectivity index (χ3v) is 4.58. The molecule has 2 amide bonds. The summed E-state index contributed by atoms with van der Waals surface area (Å²) in [5.41, 5.74) is 6.24. The summed E-state index contributed by atoms with van der Waals surface area (Å²) in [6.07, 6.45) is 0.902. The predicted molar refractivity (Wildman–Crippen MR) is 112 cm³/mol. The monoisotopic (exact) mass is 469 g/mol. The highest BCUT2D eigenvalue weighted by Gasteiger charge is 2.11. The predicted octanol–water partition coefficient (Wildman–Crippen LogP) is 3.38. The summed E-state index contributed by atoms with van der Waals surface area (Å²) in [5.74, 6) is -0.396. The number of ether oxygens (including phenoxy) is 1. The number of carbonyl (C=O) groups excluding carboxylic acids is 2. The number of nitrogens with one attached hydrogen (secondary N) is 3. The van der Waals surface area contributed by atoms with E-state index >= 15 is 0 Å². The molecule has 0 unspecified atom stereocenters. The quantitative estimate of drug-likeness (QED) is 0.461. The van der Waals surface area contributed by atoms with Gasteiger partial charge in [-0.05, 0) is 64.4 Å². The second-order valence-corrected chi connectivity index (χ2v) is 7.01. The van der Waals surface area contributed by atoms with Crippen LogP contribution in [-0.4, -0.2) is 23.5 Å². The highest BCUT2D eigenvalue weighted by atomic mass is 79.9. The molecule has 0 saturated carbocycles. The fraction of sp³-hybridized carbons (Fsp3) is 0.167. The van der Waals surface area contributed by atoms with Crippen LogP contribution in [0.1, 0.15) is 22.8 Å². The average Bonchev–Trinajstić information content (AvgIpc) is 2.65. The molecule has 2 rings (SSSR count). The summed E-state index contributed by atoms with van der Waals surface area (Å²) in [5, 5.41) is 2.65. The van der Waals surface area contributed by atoms with Crippen molar-refractivity contribution in [2.75, 3.05) is 6.61 Å². The second-order valence-electron chi connectivity index (χ2n) is 5.34. The second kappa shape index (κ2) is 10.2. The Hall–Kier alpha value is -2.16. The van der Waals surface area contributed by atoms with Crippen LogP contribution < -0.4 is 20.9 Å². The zero-order valence-corrected chi connectivity index (χ0v) is 17.5. The van der Waals surface area contributed by atoms with E-state index in [1.54, 1.807) is 30.3 Å². The lowest BCUT2D eigenvalue weighted by atomic mass is 10.2. The van der Waals surface area contributed by atoms with E-state index in [4.69, 9.17) is 28.6 Å². The molecule has 0 bridgehead atoms. The van der Waals surface area contributed by atoms with Crippen molar-refractivity contribution in [1.82, 2.24) is 16.2 Å². The van der Waals surface area contributed by atoms with E-state index in [-0.39, 0.29) is 17.3 Å². The Bertz CT molecular complexity index is 863. The summed E-state index contributed by atoms with van der Waals surface area (Å²) < 4.78 is 6.22. The van der Waals surface area contributed by atoms with Crippen molar-refractivity contribution in [3.8, 4) is 5.75 Å². The first kappa shape index (κ1) is 21.1. The van der Waals surface area contributed by atoms with Crippen LogP contribution in [0.3, 0.4) is 0 Å². The van der Waals surface area contributed by atoms with Crippen LogP contribution in [0.25, 0.3) is 0 Å². The minimum absolute atomic E-state index is 0.0654. The SMILES string of the molecule is CCc1ccc(OCC(=O)NC(=S)NNC(=O)c2ccccc2Cl)c(Br)c1. The molecule has 0 saturated heterocycles. The Balaban J connectivity index is 1.78. The van der Waals surface area contributed by atoms with Crippen LogP contribution in [0.15, 0.2) is 46.9 Å². The average molecular weight is 471 g/mol. The van der Waals surface area contributed by atoms with E-state index in [0.717, 1.165) is 16.5 Å². The Kier molecular flexibility index (Phi) is 8.02. The zero-order chi connectivity index (χ0) is 19.8. The maximum Gasteiger partial charge on any atom is 0.271 e. The van der Waals surface area contributed by atoms with E-state index in [1.807, 2.05) is 19.1 Å². The van der Waals surface area contributed by atoms with Gasteiger partial charge in [0.05, 0.1) is 15.1 Å². The Morgan fingerprint density at radius 2 is 1.93 bits per heavy atom. The van der Waals surface area contributed by atoms with Crippen molar-refractivity contribution in [3.63, 3.8) is 0 Å². The first-order valence-electron chi connectivity index (χ1n) is 7.96. The molecule has 9 heteroatoms. The number of hydrogen-bond acceptors (Lipinski definition) is 4. The summed E-state index contributed by atoms with van der Waals surface area (Å²) in [7, 11) is 0. The van der Waals surface area contributed by atoms with Gasteiger partial charge in [-0.3, -0.25) is 25.8 Å². The van der Waals surface area contributed by atoms with Crippen molar-refractivity contribution in [3.05, 3.63) is 63.1 Å². The molecule has 0 atom stereocenters. The molecular weight excluding hydrogens is 454 g/mol. The van der Waals surface area contributed by atoms with Gasteiger partial charge in [-0.15, -0.1) is 0 Å². The molecule has 0 spiro atoms. The van der Waals surface area contributed by atoms with Gasteiger partial charge >= 0.3 is 0 Å². The number of benzene rings is 2. The number of carbonyl (C=O) groups is 2. The number of halogens is 2. The van der Waals surface area contributed by atoms with Crippen LogP contribution in [0.2, 0.25) is 5.02 Å². The highest BCUT2D eigenvalue weighted by molar-refractivity contribution is 9.10. The molecule has 27 heavy (non-hydrogen) atoms. The van der Waals surface area contributed by atoms with Crippen molar-refractivity contribution < 1.29 is 14.3 Å². The number of hydrazine groups is 1. The van der Waals surface area contributed by atoms with Crippen LogP contribution >= 0.6 is 39.7 Å². The Labute approximate surface area is 175 Å². The standard InChI is InChI=1S/C18H17BrClN3O3S/c1-2-11-7-8-15(13(19)9-11)26-10-16(24)21-18(27)23-22-17(25)12-5-3-4-6-14(12)20/h3-9H,2,10H2,1H3,(H,22,25)(H2,21,23,24,27). The molecule has 0 aromatic heterocycles. The van der Waals surface area contributed by atoms with Gasteiger partial charge in [0.2, 0.25) is 0 Å². The topological polar surface area (TPSA) is 79.5 Å². The number of hydrogen-bond donors (Lipinski definition) is 3. The fourth-order valence-electron chi connectivity index (χ4n) is 2.04. The molecule has 0 aliphatic heterocycles. The van der Waals surface area contributed by atoms with Crippen molar-refractivity contribution in [2.24, 2.45) is 0 Å². The van der Waals surface area contributed by atoms with E-state index in [2.05, 4.69) is 32.1 Å². The molecule has 0 fully saturated rings. The molecule has 142 valence electrons. The van der Waals surface area contributed by atoms with E-state index < -0.39 is 11.8 Å². The van der Waals surface area contributed by atoms with E-state index in [0.29, 0.717) is 10.8 Å². The maximum atomic E-state index is 12.0. The van der Waals surface area contributed by atoms with Gasteiger partial charge in [-0.25, -0.2) is 0 Å². The molecule has 6 nitrogen and oxygen atoms in total. The van der Waals surface area contributed by atoms with E-state index in [1.165, 1.54) is 0 Å². The lowest BCUT2D eigenvalue weighted by molar-refractivity contribution is -0.121. The van der Waals surface area contributed by atoms with Gasteiger partial charge < -0.3 is 4.74 Å². The minimum Gasteiger partial charge on any atom is -0.483 e. The first-order chi connectivity index (χ1) is 12.9. The Morgan fingerprint density at radius 3 is 2.59 bits per heavy atom. The zero-order valence-electron chi connectivity index (χ0n) is 14.3. The highest BCUT2D eigenvalue weighted by Crippen LogP contribution is 2.26. The lowest BCUT2D eigenvalue weighted by Crippen LogP contribution is -2.49. The van der Waals surface area contributed by atoms with Crippen molar-refractivity contribution >= 4 is 56.7 Å². The molecule has 2 aromatic rings. The van der Waals surface area contributed by atoms with Crippen LogP contribution in [-0.2, 0) is 11.2 Å².